The highest BCUT2D eigenvalue weighted by Gasteiger charge is 2.29. The Hall–Kier alpha value is -1.63. The Morgan fingerprint density at radius 3 is 2.87 bits per heavy atom. The van der Waals surface area contributed by atoms with Crippen molar-refractivity contribution in [1.82, 2.24) is 4.57 Å². The van der Waals surface area contributed by atoms with Crippen LogP contribution in [-0.4, -0.2) is 36.0 Å². The zero-order valence-electron chi connectivity index (χ0n) is 7.84. The molecular weight excluding hydrogens is 220 g/mol. The molecule has 1 N–H and O–H groups in total. The van der Waals surface area contributed by atoms with Crippen LogP contribution in [0.2, 0.25) is 0 Å². The molecule has 7 heteroatoms. The van der Waals surface area contributed by atoms with E-state index in [-0.39, 0.29) is 22.0 Å². The number of carbonyl (C=O) groups is 1. The van der Waals surface area contributed by atoms with Gasteiger partial charge in [0.15, 0.2) is 15.5 Å². The molecular formula is C8H8N2O4S. The molecule has 0 amide bonds. The monoisotopic (exact) mass is 228 g/mol. The molecule has 0 bridgehead atoms. The molecule has 80 valence electrons. The summed E-state index contributed by atoms with van der Waals surface area (Å²) in [5.41, 5.74) is -0.0826. The van der Waals surface area contributed by atoms with Crippen LogP contribution in [0.1, 0.15) is 10.5 Å². The molecule has 1 aliphatic heterocycles. The maximum atomic E-state index is 11.6. The highest BCUT2D eigenvalue weighted by Crippen LogP contribution is 2.32. The van der Waals surface area contributed by atoms with Crippen LogP contribution >= 0.6 is 0 Å². The topological polar surface area (TPSA) is 88.7 Å². The normalized spacial score (nSPS) is 17.4. The van der Waals surface area contributed by atoms with Crippen molar-refractivity contribution in [3.63, 3.8) is 0 Å². The van der Waals surface area contributed by atoms with Gasteiger partial charge in [-0.2, -0.15) is 0 Å². The number of hydrogen-bond donors (Lipinski definition) is 1. The molecule has 1 aliphatic rings. The van der Waals surface area contributed by atoms with Gasteiger partial charge in [-0.1, -0.05) is 0 Å². The maximum absolute atomic E-state index is 11.6. The fourth-order valence-electron chi connectivity index (χ4n) is 1.51. The lowest BCUT2D eigenvalue weighted by Gasteiger charge is -2.05. The Labute approximate surface area is 85.8 Å². The summed E-state index contributed by atoms with van der Waals surface area (Å²) in [6.45, 7) is 0. The summed E-state index contributed by atoms with van der Waals surface area (Å²) >= 11 is 0. The van der Waals surface area contributed by atoms with Crippen molar-refractivity contribution in [3.05, 3.63) is 11.9 Å². The average molecular weight is 228 g/mol. The SMILES string of the molecule is Cn1cc2c(c1C(=O)O)N=CCS2(=O)=O. The van der Waals surface area contributed by atoms with Gasteiger partial charge in [-0.15, -0.1) is 0 Å². The summed E-state index contributed by atoms with van der Waals surface area (Å²) in [6, 6.07) is 0. The smallest absolute Gasteiger partial charge is 0.354 e. The Morgan fingerprint density at radius 2 is 2.27 bits per heavy atom. The molecule has 0 unspecified atom stereocenters. The first-order chi connectivity index (χ1) is 6.93. The van der Waals surface area contributed by atoms with E-state index in [9.17, 15) is 13.2 Å². The highest BCUT2D eigenvalue weighted by atomic mass is 32.2. The van der Waals surface area contributed by atoms with Crippen molar-refractivity contribution in [1.29, 1.82) is 0 Å². The summed E-state index contributed by atoms with van der Waals surface area (Å²) in [5, 5.41) is 8.89. The van der Waals surface area contributed by atoms with Gasteiger partial charge < -0.3 is 9.67 Å². The Kier molecular flexibility index (Phi) is 1.93. The van der Waals surface area contributed by atoms with Crippen LogP contribution in [0.5, 0.6) is 0 Å². The van der Waals surface area contributed by atoms with E-state index >= 15 is 0 Å². The van der Waals surface area contributed by atoms with Gasteiger partial charge in [-0.3, -0.25) is 4.99 Å². The van der Waals surface area contributed by atoms with E-state index in [0.717, 1.165) is 0 Å². The lowest BCUT2D eigenvalue weighted by atomic mass is 10.3. The third kappa shape index (κ3) is 1.35. The van der Waals surface area contributed by atoms with Gasteiger partial charge >= 0.3 is 5.97 Å². The average Bonchev–Trinajstić information content (AvgIpc) is 2.42. The molecule has 1 aromatic heterocycles. The Bertz CT molecular complexity index is 568. The lowest BCUT2D eigenvalue weighted by Crippen LogP contribution is -2.11. The van der Waals surface area contributed by atoms with Crippen molar-refractivity contribution in [2.24, 2.45) is 12.0 Å². The van der Waals surface area contributed by atoms with E-state index in [1.807, 2.05) is 0 Å². The zero-order chi connectivity index (χ0) is 11.2. The molecule has 0 aliphatic carbocycles. The van der Waals surface area contributed by atoms with E-state index in [2.05, 4.69) is 4.99 Å². The predicted molar refractivity (Wildman–Crippen MR) is 52.6 cm³/mol. The number of fused-ring (bicyclic) bond motifs is 1. The minimum absolute atomic E-state index is 0.00935. The van der Waals surface area contributed by atoms with Crippen LogP contribution in [0.3, 0.4) is 0 Å². The van der Waals surface area contributed by atoms with E-state index in [1.165, 1.54) is 24.0 Å². The van der Waals surface area contributed by atoms with Crippen molar-refractivity contribution >= 4 is 27.7 Å². The third-order valence-electron chi connectivity index (χ3n) is 2.17. The van der Waals surface area contributed by atoms with Gasteiger partial charge in [0.05, 0.1) is 5.75 Å². The molecule has 2 heterocycles. The number of sulfone groups is 1. The van der Waals surface area contributed by atoms with Crippen LogP contribution < -0.4 is 0 Å². The number of nitrogens with zero attached hydrogens (tertiary/aromatic N) is 2. The van der Waals surface area contributed by atoms with Crippen molar-refractivity contribution in [3.8, 4) is 0 Å². The summed E-state index contributed by atoms with van der Waals surface area (Å²) in [6.07, 6.45) is 2.49. The second kappa shape index (κ2) is 2.93. The molecule has 0 spiro atoms. The number of carboxylic acids is 1. The molecule has 0 radical (unpaired) electrons. The molecule has 0 fully saturated rings. The van der Waals surface area contributed by atoms with E-state index < -0.39 is 15.8 Å². The summed E-state index contributed by atoms with van der Waals surface area (Å²) in [5.74, 6) is -1.36. The molecule has 0 saturated heterocycles. The Balaban J connectivity index is 2.81. The number of hydrogen-bond acceptors (Lipinski definition) is 4. The lowest BCUT2D eigenvalue weighted by molar-refractivity contribution is 0.0687. The minimum Gasteiger partial charge on any atom is -0.477 e. The first-order valence-electron chi connectivity index (χ1n) is 4.11. The van der Waals surface area contributed by atoms with Gasteiger partial charge in [0.1, 0.15) is 10.6 Å². The number of carboxylic acid groups (broad SMARTS) is 1. The van der Waals surface area contributed by atoms with Crippen LogP contribution in [0, 0.1) is 0 Å². The molecule has 6 nitrogen and oxygen atoms in total. The first kappa shape index (κ1) is 9.91. The molecule has 2 rings (SSSR count). The molecule has 1 aromatic rings. The summed E-state index contributed by atoms with van der Waals surface area (Å²) < 4.78 is 24.4. The third-order valence-corrected chi connectivity index (χ3v) is 3.73. The van der Waals surface area contributed by atoms with Crippen LogP contribution in [-0.2, 0) is 16.9 Å². The van der Waals surface area contributed by atoms with Crippen molar-refractivity contribution < 1.29 is 18.3 Å². The van der Waals surface area contributed by atoms with Gasteiger partial charge in [0.25, 0.3) is 0 Å². The molecule has 15 heavy (non-hydrogen) atoms. The minimum atomic E-state index is -3.41. The van der Waals surface area contributed by atoms with Gasteiger partial charge in [0, 0.05) is 19.5 Å². The first-order valence-corrected chi connectivity index (χ1v) is 5.76. The highest BCUT2D eigenvalue weighted by molar-refractivity contribution is 7.92. The second-order valence-corrected chi connectivity index (χ2v) is 5.20. The van der Waals surface area contributed by atoms with E-state index in [1.54, 1.807) is 0 Å². The number of rotatable bonds is 1. The standard InChI is InChI=1S/C8H8N2O4S/c1-10-4-5-6(7(10)8(11)12)9-2-3-15(5,13)14/h2,4H,3H2,1H3,(H,11,12). The van der Waals surface area contributed by atoms with Gasteiger partial charge in [-0.25, -0.2) is 13.2 Å². The fraction of sp³-hybridized carbons (Fsp3) is 0.250. The fourth-order valence-corrected chi connectivity index (χ4v) is 2.72. The molecule has 0 saturated carbocycles. The second-order valence-electron chi connectivity index (χ2n) is 3.20. The molecule has 0 atom stereocenters. The Morgan fingerprint density at radius 1 is 1.60 bits per heavy atom. The quantitative estimate of drug-likeness (QED) is 0.744. The van der Waals surface area contributed by atoms with Crippen molar-refractivity contribution in [2.75, 3.05) is 5.75 Å². The predicted octanol–water partition coefficient (Wildman–Crippen LogP) is 0.213. The van der Waals surface area contributed by atoms with Gasteiger partial charge in [0.2, 0.25) is 0 Å². The number of aliphatic imine (C=N–C) groups is 1. The van der Waals surface area contributed by atoms with E-state index in [4.69, 9.17) is 5.11 Å². The number of aromatic carboxylic acids is 1. The van der Waals surface area contributed by atoms with E-state index in [0.29, 0.717) is 0 Å². The zero-order valence-corrected chi connectivity index (χ0v) is 8.65. The van der Waals surface area contributed by atoms with Gasteiger partial charge in [-0.05, 0) is 0 Å². The molecule has 0 aromatic carbocycles. The number of aromatic nitrogens is 1. The van der Waals surface area contributed by atoms with Crippen LogP contribution in [0.25, 0.3) is 0 Å². The maximum Gasteiger partial charge on any atom is 0.354 e. The van der Waals surface area contributed by atoms with Crippen molar-refractivity contribution in [2.45, 2.75) is 4.90 Å². The van der Waals surface area contributed by atoms with Crippen LogP contribution in [0.4, 0.5) is 5.69 Å². The largest absolute Gasteiger partial charge is 0.477 e. The summed E-state index contributed by atoms with van der Waals surface area (Å²) in [4.78, 5) is 14.7. The number of aryl methyl sites for hydroxylation is 1. The van der Waals surface area contributed by atoms with Crippen LogP contribution in [0.15, 0.2) is 16.1 Å². The summed E-state index contributed by atoms with van der Waals surface area (Å²) in [7, 11) is -1.93.